The summed E-state index contributed by atoms with van der Waals surface area (Å²) in [6, 6.07) is -4.02. The first-order valence-electron chi connectivity index (χ1n) is 8.49. The average molecular weight is 391 g/mol. The fourth-order valence-electron chi connectivity index (χ4n) is 2.12. The number of amides is 3. The lowest BCUT2D eigenvalue weighted by Gasteiger charge is -2.25. The van der Waals surface area contributed by atoms with Crippen LogP contribution in [-0.4, -0.2) is 82.9 Å². The first-order valence-corrected chi connectivity index (χ1v) is 8.49. The number of aliphatic hydroxyl groups is 2. The predicted octanol–water partition coefficient (Wildman–Crippen LogP) is -4.01. The largest absolute Gasteiger partial charge is 0.480 e. The van der Waals surface area contributed by atoms with E-state index < -0.39 is 61.1 Å². The zero-order valence-electron chi connectivity index (χ0n) is 15.2. The van der Waals surface area contributed by atoms with Gasteiger partial charge in [-0.25, -0.2) is 4.79 Å². The second-order valence-electron chi connectivity index (χ2n) is 5.92. The van der Waals surface area contributed by atoms with Crippen molar-refractivity contribution in [2.45, 2.75) is 50.4 Å². The SMILES string of the molecule is CC(O)C(NC(=O)CN)C(=O)NC(CCCCN)C(=O)NC(CO)C(=O)O. The Morgan fingerprint density at radius 3 is 2.00 bits per heavy atom. The van der Waals surface area contributed by atoms with Crippen molar-refractivity contribution >= 4 is 23.7 Å². The number of unbranched alkanes of at least 4 members (excludes halogenated alkanes) is 1. The van der Waals surface area contributed by atoms with Gasteiger partial charge in [0, 0.05) is 0 Å². The third-order valence-corrected chi connectivity index (χ3v) is 3.64. The first-order chi connectivity index (χ1) is 12.7. The standard InChI is InChI=1S/C15H29N5O7/c1-8(22)12(20-11(23)6-17)14(25)18-9(4-2-3-5-16)13(24)19-10(7-21)15(26)27/h8-10,12,21-22H,2-7,16-17H2,1H3,(H,18,25)(H,19,24)(H,20,23)(H,26,27). The van der Waals surface area contributed by atoms with Gasteiger partial charge in [-0.1, -0.05) is 0 Å². The van der Waals surface area contributed by atoms with Gasteiger partial charge in [0.05, 0.1) is 19.3 Å². The molecule has 0 bridgehead atoms. The highest BCUT2D eigenvalue weighted by Gasteiger charge is 2.30. The maximum Gasteiger partial charge on any atom is 0.328 e. The Morgan fingerprint density at radius 2 is 1.56 bits per heavy atom. The summed E-state index contributed by atoms with van der Waals surface area (Å²) < 4.78 is 0. The maximum absolute atomic E-state index is 12.4. The Morgan fingerprint density at radius 1 is 0.963 bits per heavy atom. The van der Waals surface area contributed by atoms with Gasteiger partial charge in [-0.15, -0.1) is 0 Å². The molecule has 0 spiro atoms. The van der Waals surface area contributed by atoms with E-state index in [2.05, 4.69) is 16.0 Å². The van der Waals surface area contributed by atoms with Crippen LogP contribution < -0.4 is 27.4 Å². The summed E-state index contributed by atoms with van der Waals surface area (Å²) in [4.78, 5) is 47.1. The van der Waals surface area contributed by atoms with Crippen LogP contribution in [0.1, 0.15) is 26.2 Å². The minimum Gasteiger partial charge on any atom is -0.480 e. The van der Waals surface area contributed by atoms with Gasteiger partial charge in [0.25, 0.3) is 0 Å². The zero-order chi connectivity index (χ0) is 21.0. The monoisotopic (exact) mass is 391 g/mol. The molecule has 0 aromatic heterocycles. The van der Waals surface area contributed by atoms with E-state index in [9.17, 15) is 24.3 Å². The van der Waals surface area contributed by atoms with Crippen LogP contribution in [0, 0.1) is 0 Å². The highest BCUT2D eigenvalue weighted by Crippen LogP contribution is 2.04. The van der Waals surface area contributed by atoms with Crippen LogP contribution in [0.15, 0.2) is 0 Å². The normalized spacial score (nSPS) is 15.1. The molecule has 4 atom stereocenters. The first kappa shape index (κ1) is 24.7. The molecular weight excluding hydrogens is 362 g/mol. The summed E-state index contributed by atoms with van der Waals surface area (Å²) in [6.07, 6.45) is -0.104. The van der Waals surface area contributed by atoms with E-state index in [1.165, 1.54) is 6.92 Å². The molecule has 10 N–H and O–H groups in total. The molecule has 3 amide bonds. The average Bonchev–Trinajstić information content (AvgIpc) is 2.62. The van der Waals surface area contributed by atoms with E-state index in [0.29, 0.717) is 19.4 Å². The van der Waals surface area contributed by atoms with Crippen LogP contribution in [0.25, 0.3) is 0 Å². The van der Waals surface area contributed by atoms with Gasteiger partial charge in [-0.2, -0.15) is 0 Å². The van der Waals surface area contributed by atoms with Crippen LogP contribution >= 0.6 is 0 Å². The molecule has 0 aromatic rings. The second kappa shape index (κ2) is 13.0. The number of aliphatic hydroxyl groups excluding tert-OH is 2. The smallest absolute Gasteiger partial charge is 0.328 e. The van der Waals surface area contributed by atoms with Gasteiger partial charge in [-0.05, 0) is 32.7 Å². The minimum atomic E-state index is -1.53. The number of carboxylic acid groups (broad SMARTS) is 1. The molecule has 156 valence electrons. The van der Waals surface area contributed by atoms with E-state index in [1.807, 2.05) is 0 Å². The molecule has 0 rings (SSSR count). The summed E-state index contributed by atoms with van der Waals surface area (Å²) in [5.74, 6) is -3.77. The molecule has 12 nitrogen and oxygen atoms in total. The van der Waals surface area contributed by atoms with E-state index in [4.69, 9.17) is 21.7 Å². The van der Waals surface area contributed by atoms with Crippen molar-refractivity contribution in [3.05, 3.63) is 0 Å². The molecular formula is C15H29N5O7. The molecule has 0 aliphatic rings. The summed E-state index contributed by atoms with van der Waals surface area (Å²) in [5.41, 5.74) is 10.6. The number of carbonyl (C=O) groups is 4. The van der Waals surface area contributed by atoms with Crippen molar-refractivity contribution in [3.63, 3.8) is 0 Å². The summed E-state index contributed by atoms with van der Waals surface area (Å²) in [7, 11) is 0. The molecule has 0 saturated carbocycles. The Kier molecular flexibility index (Phi) is 11.9. The number of rotatable bonds is 13. The molecule has 0 aromatic carbocycles. The van der Waals surface area contributed by atoms with Gasteiger partial charge in [0.15, 0.2) is 0 Å². The van der Waals surface area contributed by atoms with E-state index in [-0.39, 0.29) is 6.42 Å². The maximum atomic E-state index is 12.4. The quantitative estimate of drug-likeness (QED) is 0.143. The van der Waals surface area contributed by atoms with Crippen LogP contribution in [0.2, 0.25) is 0 Å². The number of nitrogens with one attached hydrogen (secondary N) is 3. The molecule has 0 heterocycles. The number of carboxylic acids is 1. The third-order valence-electron chi connectivity index (χ3n) is 3.64. The van der Waals surface area contributed by atoms with Crippen LogP contribution in [0.5, 0.6) is 0 Å². The Balaban J connectivity index is 5.19. The number of carbonyl (C=O) groups excluding carboxylic acids is 3. The summed E-state index contributed by atoms with van der Waals surface area (Å²) in [6.45, 7) is 0.414. The fourth-order valence-corrected chi connectivity index (χ4v) is 2.12. The number of nitrogens with two attached hydrogens (primary N) is 2. The molecule has 0 aliphatic heterocycles. The number of hydrogen-bond acceptors (Lipinski definition) is 8. The third kappa shape index (κ3) is 9.28. The molecule has 12 heteroatoms. The predicted molar refractivity (Wildman–Crippen MR) is 94.2 cm³/mol. The highest BCUT2D eigenvalue weighted by atomic mass is 16.4. The lowest BCUT2D eigenvalue weighted by Crippen LogP contribution is -2.59. The molecule has 0 radical (unpaired) electrons. The number of hydrogen-bond donors (Lipinski definition) is 8. The van der Waals surface area contributed by atoms with Crippen molar-refractivity contribution in [1.29, 1.82) is 0 Å². The lowest BCUT2D eigenvalue weighted by molar-refractivity contribution is -0.143. The van der Waals surface area contributed by atoms with Crippen LogP contribution in [0.3, 0.4) is 0 Å². The number of aliphatic carboxylic acids is 1. The molecule has 0 fully saturated rings. The van der Waals surface area contributed by atoms with E-state index in [1.54, 1.807) is 0 Å². The van der Waals surface area contributed by atoms with Crippen molar-refractivity contribution in [2.75, 3.05) is 19.7 Å². The lowest BCUT2D eigenvalue weighted by atomic mass is 10.1. The van der Waals surface area contributed by atoms with Gasteiger partial charge < -0.3 is 42.7 Å². The molecule has 0 aliphatic carbocycles. The highest BCUT2D eigenvalue weighted by molar-refractivity contribution is 5.93. The fraction of sp³-hybridized carbons (Fsp3) is 0.733. The van der Waals surface area contributed by atoms with Gasteiger partial charge in [-0.3, -0.25) is 14.4 Å². The van der Waals surface area contributed by atoms with Crippen LogP contribution in [-0.2, 0) is 19.2 Å². The molecule has 4 unspecified atom stereocenters. The Bertz CT molecular complexity index is 515. The van der Waals surface area contributed by atoms with Gasteiger partial charge >= 0.3 is 5.97 Å². The zero-order valence-corrected chi connectivity index (χ0v) is 15.2. The van der Waals surface area contributed by atoms with Crippen molar-refractivity contribution in [1.82, 2.24) is 16.0 Å². The van der Waals surface area contributed by atoms with Crippen molar-refractivity contribution in [3.8, 4) is 0 Å². The van der Waals surface area contributed by atoms with Gasteiger partial charge in [0.1, 0.15) is 18.1 Å². The van der Waals surface area contributed by atoms with Crippen molar-refractivity contribution in [2.24, 2.45) is 11.5 Å². The second-order valence-corrected chi connectivity index (χ2v) is 5.92. The Hall–Kier alpha value is -2.28. The van der Waals surface area contributed by atoms with Crippen LogP contribution in [0.4, 0.5) is 0 Å². The van der Waals surface area contributed by atoms with Crippen molar-refractivity contribution < 1.29 is 34.5 Å². The summed E-state index contributed by atoms with van der Waals surface area (Å²) >= 11 is 0. The minimum absolute atomic E-state index is 0.143. The van der Waals surface area contributed by atoms with Gasteiger partial charge in [0.2, 0.25) is 17.7 Å². The van der Waals surface area contributed by atoms with E-state index >= 15 is 0 Å². The van der Waals surface area contributed by atoms with E-state index in [0.717, 1.165) is 0 Å². The molecule has 27 heavy (non-hydrogen) atoms. The topological polar surface area (TPSA) is 217 Å². The molecule has 0 saturated heterocycles. The Labute approximate surface area is 156 Å². The summed E-state index contributed by atoms with van der Waals surface area (Å²) in [5, 5.41) is 34.4.